The molecular formula is C16H24N4S. The number of nitrogens with two attached hydrogens (primary N) is 1. The lowest BCUT2D eigenvalue weighted by atomic mass is 9.79. The van der Waals surface area contributed by atoms with Crippen LogP contribution in [-0.2, 0) is 0 Å². The zero-order valence-corrected chi connectivity index (χ0v) is 14.3. The van der Waals surface area contributed by atoms with Gasteiger partial charge in [-0.1, -0.05) is 13.8 Å². The van der Waals surface area contributed by atoms with Crippen molar-refractivity contribution in [3.63, 3.8) is 0 Å². The molecule has 3 heterocycles. The second kappa shape index (κ2) is 4.92. The summed E-state index contributed by atoms with van der Waals surface area (Å²) in [7, 11) is 0. The van der Waals surface area contributed by atoms with Crippen molar-refractivity contribution in [2.75, 3.05) is 18.0 Å². The molecule has 114 valence electrons. The largest absolute Gasteiger partial charge is 0.355 e. The zero-order chi connectivity index (χ0) is 15.4. The van der Waals surface area contributed by atoms with Crippen LogP contribution in [0, 0.1) is 26.2 Å². The van der Waals surface area contributed by atoms with Crippen LogP contribution in [0.5, 0.6) is 0 Å². The highest BCUT2D eigenvalue weighted by molar-refractivity contribution is 7.18. The summed E-state index contributed by atoms with van der Waals surface area (Å²) >= 11 is 1.77. The van der Waals surface area contributed by atoms with Crippen molar-refractivity contribution in [2.24, 2.45) is 11.1 Å². The van der Waals surface area contributed by atoms with Crippen LogP contribution in [0.2, 0.25) is 0 Å². The number of nitrogens with zero attached hydrogens (tertiary/aromatic N) is 3. The number of aryl methyl sites for hydroxylation is 3. The standard InChI is InChI=1S/C16H24N4S/c1-9-10(2)21-15-13(9)14(18-11(3)19-15)20-7-6-12(17)16(4,5)8-20/h12H,6-8,17H2,1-5H3. The second-order valence-electron chi connectivity index (χ2n) is 6.86. The molecule has 0 amide bonds. The fourth-order valence-electron chi connectivity index (χ4n) is 3.12. The molecule has 0 radical (unpaired) electrons. The van der Waals surface area contributed by atoms with Crippen LogP contribution in [0.4, 0.5) is 5.82 Å². The number of fused-ring (bicyclic) bond motifs is 1. The summed E-state index contributed by atoms with van der Waals surface area (Å²) in [4.78, 5) is 14.2. The number of hydrogen-bond acceptors (Lipinski definition) is 5. The van der Waals surface area contributed by atoms with E-state index in [-0.39, 0.29) is 11.5 Å². The van der Waals surface area contributed by atoms with Gasteiger partial charge in [0.15, 0.2) is 0 Å². The Kier molecular flexibility index (Phi) is 3.45. The van der Waals surface area contributed by atoms with Crippen LogP contribution in [0.25, 0.3) is 10.2 Å². The summed E-state index contributed by atoms with van der Waals surface area (Å²) < 4.78 is 0. The van der Waals surface area contributed by atoms with E-state index in [1.165, 1.54) is 15.8 Å². The van der Waals surface area contributed by atoms with Gasteiger partial charge in [-0.15, -0.1) is 11.3 Å². The SMILES string of the molecule is Cc1nc(N2CCC(N)C(C)(C)C2)c2c(C)c(C)sc2n1. The lowest BCUT2D eigenvalue weighted by molar-refractivity contribution is 0.244. The minimum atomic E-state index is 0.113. The monoisotopic (exact) mass is 304 g/mol. The number of piperidine rings is 1. The van der Waals surface area contributed by atoms with Gasteiger partial charge in [-0.3, -0.25) is 0 Å². The molecule has 5 heteroatoms. The Morgan fingerprint density at radius 2 is 1.95 bits per heavy atom. The van der Waals surface area contributed by atoms with Gasteiger partial charge in [-0.25, -0.2) is 9.97 Å². The maximum absolute atomic E-state index is 6.27. The first-order valence-electron chi connectivity index (χ1n) is 7.54. The molecule has 3 rings (SSSR count). The highest BCUT2D eigenvalue weighted by Crippen LogP contribution is 2.38. The van der Waals surface area contributed by atoms with Crippen molar-refractivity contribution < 1.29 is 0 Å². The van der Waals surface area contributed by atoms with Gasteiger partial charge in [0.2, 0.25) is 0 Å². The van der Waals surface area contributed by atoms with Gasteiger partial charge in [0, 0.05) is 24.0 Å². The van der Waals surface area contributed by atoms with Crippen LogP contribution < -0.4 is 10.6 Å². The van der Waals surface area contributed by atoms with Gasteiger partial charge in [0.1, 0.15) is 16.5 Å². The number of hydrogen-bond donors (Lipinski definition) is 1. The van der Waals surface area contributed by atoms with Crippen molar-refractivity contribution in [1.29, 1.82) is 0 Å². The van der Waals surface area contributed by atoms with Crippen molar-refractivity contribution in [3.8, 4) is 0 Å². The number of thiophene rings is 1. The molecule has 21 heavy (non-hydrogen) atoms. The first kappa shape index (κ1) is 14.7. The predicted octanol–water partition coefficient (Wildman–Crippen LogP) is 3.18. The zero-order valence-electron chi connectivity index (χ0n) is 13.5. The molecule has 0 bridgehead atoms. The maximum Gasteiger partial charge on any atom is 0.141 e. The van der Waals surface area contributed by atoms with Crippen LogP contribution in [0.3, 0.4) is 0 Å². The number of aromatic nitrogens is 2. The quantitative estimate of drug-likeness (QED) is 0.879. The van der Waals surface area contributed by atoms with Gasteiger partial charge in [-0.05, 0) is 38.2 Å². The molecule has 1 saturated heterocycles. The first-order valence-corrected chi connectivity index (χ1v) is 8.36. The van der Waals surface area contributed by atoms with E-state index in [4.69, 9.17) is 10.7 Å². The van der Waals surface area contributed by atoms with Crippen LogP contribution >= 0.6 is 11.3 Å². The summed E-state index contributed by atoms with van der Waals surface area (Å²) in [5, 5.41) is 1.23. The number of anilines is 1. The Hall–Kier alpha value is -1.20. The van der Waals surface area contributed by atoms with E-state index in [9.17, 15) is 0 Å². The van der Waals surface area contributed by atoms with E-state index in [0.717, 1.165) is 36.0 Å². The Balaban J connectivity index is 2.12. The van der Waals surface area contributed by atoms with E-state index in [1.807, 2.05) is 6.92 Å². The van der Waals surface area contributed by atoms with Crippen molar-refractivity contribution in [3.05, 3.63) is 16.3 Å². The highest BCUT2D eigenvalue weighted by Gasteiger charge is 2.35. The van der Waals surface area contributed by atoms with E-state index >= 15 is 0 Å². The van der Waals surface area contributed by atoms with Crippen LogP contribution in [0.1, 0.15) is 36.5 Å². The fourth-order valence-corrected chi connectivity index (χ4v) is 4.19. The lowest BCUT2D eigenvalue weighted by Gasteiger charge is -2.43. The Bertz CT molecular complexity index is 689. The average molecular weight is 304 g/mol. The fraction of sp³-hybridized carbons (Fsp3) is 0.625. The molecule has 1 fully saturated rings. The molecule has 2 aromatic rings. The third kappa shape index (κ3) is 2.42. The molecule has 2 aromatic heterocycles. The van der Waals surface area contributed by atoms with Gasteiger partial charge < -0.3 is 10.6 Å². The van der Waals surface area contributed by atoms with E-state index in [2.05, 4.69) is 37.6 Å². The van der Waals surface area contributed by atoms with Gasteiger partial charge in [-0.2, -0.15) is 0 Å². The second-order valence-corrected chi connectivity index (χ2v) is 8.07. The van der Waals surface area contributed by atoms with Gasteiger partial charge in [0.25, 0.3) is 0 Å². The predicted molar refractivity (Wildman–Crippen MR) is 90.2 cm³/mol. The van der Waals surface area contributed by atoms with Gasteiger partial charge in [0.05, 0.1) is 5.39 Å². The third-order valence-electron chi connectivity index (χ3n) is 4.73. The summed E-state index contributed by atoms with van der Waals surface area (Å²) in [6.07, 6.45) is 1.01. The van der Waals surface area contributed by atoms with E-state index < -0.39 is 0 Å². The molecule has 1 unspecified atom stereocenters. The number of rotatable bonds is 1. The first-order chi connectivity index (χ1) is 9.79. The molecular weight excluding hydrogens is 280 g/mol. The summed E-state index contributed by atoms with van der Waals surface area (Å²) in [5.74, 6) is 1.95. The molecule has 0 aliphatic carbocycles. The maximum atomic E-state index is 6.27. The molecule has 1 atom stereocenters. The topological polar surface area (TPSA) is 55.0 Å². The molecule has 4 nitrogen and oxygen atoms in total. The van der Waals surface area contributed by atoms with Crippen LogP contribution in [-0.4, -0.2) is 29.1 Å². The van der Waals surface area contributed by atoms with Crippen molar-refractivity contribution in [2.45, 2.75) is 47.1 Å². The Labute approximate surface area is 130 Å². The van der Waals surface area contributed by atoms with Crippen LogP contribution in [0.15, 0.2) is 0 Å². The normalized spacial score (nSPS) is 22.0. The smallest absolute Gasteiger partial charge is 0.141 e. The Morgan fingerprint density at radius 1 is 1.24 bits per heavy atom. The van der Waals surface area contributed by atoms with E-state index in [1.54, 1.807) is 11.3 Å². The molecule has 1 aliphatic rings. The Morgan fingerprint density at radius 3 is 2.62 bits per heavy atom. The van der Waals surface area contributed by atoms with E-state index in [0.29, 0.717) is 0 Å². The minimum absolute atomic E-state index is 0.113. The molecule has 0 aromatic carbocycles. The molecule has 2 N–H and O–H groups in total. The van der Waals surface area contributed by atoms with Gasteiger partial charge >= 0.3 is 0 Å². The molecule has 0 spiro atoms. The summed E-state index contributed by atoms with van der Waals surface area (Å²) in [6.45, 7) is 12.8. The van der Waals surface area contributed by atoms with Crippen molar-refractivity contribution in [1.82, 2.24) is 9.97 Å². The lowest BCUT2D eigenvalue weighted by Crippen LogP contribution is -2.52. The molecule has 1 aliphatic heterocycles. The van der Waals surface area contributed by atoms with Crippen molar-refractivity contribution >= 4 is 27.4 Å². The third-order valence-corrected chi connectivity index (χ3v) is 5.83. The average Bonchev–Trinajstić information content (AvgIpc) is 2.67. The summed E-state index contributed by atoms with van der Waals surface area (Å²) in [5.41, 5.74) is 7.70. The highest BCUT2D eigenvalue weighted by atomic mass is 32.1. The molecule has 0 saturated carbocycles. The summed E-state index contributed by atoms with van der Waals surface area (Å²) in [6, 6.07) is 0.262. The minimum Gasteiger partial charge on any atom is -0.355 e.